The zero-order chi connectivity index (χ0) is 22.5. The Labute approximate surface area is 183 Å². The van der Waals surface area contributed by atoms with Gasteiger partial charge >= 0.3 is 12.1 Å². The monoisotopic (exact) mass is 433 g/mol. The van der Waals surface area contributed by atoms with Crippen molar-refractivity contribution < 1.29 is 28.2 Å². The first-order chi connectivity index (χ1) is 15.5. The number of hydrogen-bond donors (Lipinski definition) is 2. The van der Waals surface area contributed by atoms with Crippen molar-refractivity contribution in [3.8, 4) is 11.1 Å². The van der Waals surface area contributed by atoms with Crippen molar-refractivity contribution in [3.63, 3.8) is 0 Å². The summed E-state index contributed by atoms with van der Waals surface area (Å²) in [4.78, 5) is 23.6. The minimum absolute atomic E-state index is 0.134. The number of ether oxygens (including phenoxy) is 1. The summed E-state index contributed by atoms with van der Waals surface area (Å²) in [6.45, 7) is -0.173. The Morgan fingerprint density at radius 3 is 2.50 bits per heavy atom. The summed E-state index contributed by atoms with van der Waals surface area (Å²) in [5.74, 6) is -1.09. The van der Waals surface area contributed by atoms with Crippen LogP contribution in [0, 0.1) is 5.82 Å². The maximum atomic E-state index is 14.1. The van der Waals surface area contributed by atoms with E-state index < -0.39 is 18.1 Å². The van der Waals surface area contributed by atoms with Crippen LogP contribution < -0.4 is 5.32 Å². The molecule has 2 N–H and O–H groups in total. The molecule has 4 rings (SSSR count). The molecule has 4 aromatic rings. The van der Waals surface area contributed by atoms with Gasteiger partial charge in [-0.1, -0.05) is 54.6 Å². The molecule has 0 saturated carbocycles. The summed E-state index contributed by atoms with van der Waals surface area (Å²) >= 11 is 0. The Morgan fingerprint density at radius 1 is 1.00 bits per heavy atom. The number of fused-ring (bicyclic) bond motifs is 1. The number of amides is 1. The van der Waals surface area contributed by atoms with E-state index in [1.165, 1.54) is 6.07 Å². The third kappa shape index (κ3) is 4.95. The van der Waals surface area contributed by atoms with E-state index in [1.807, 2.05) is 6.07 Å². The lowest BCUT2D eigenvalue weighted by Crippen LogP contribution is -2.42. The molecule has 162 valence electrons. The standard InChI is InChI=1S/C25H20FNO5/c26-21-9-5-4-8-20(21)17-10-11-23-18(13-17)14-19(32-23)15-31-25(30)27-22(24(28)29)12-16-6-2-1-3-7-16/h1-11,13-14,22H,12,15H2,(H,27,30)(H,28,29)/t22-/m1/s1. The average Bonchev–Trinajstić information content (AvgIpc) is 3.20. The SMILES string of the molecule is O=C(N[C@H](Cc1ccccc1)C(=O)O)OCc1cc2cc(-c3ccccc3F)ccc2o1. The van der Waals surface area contributed by atoms with Gasteiger partial charge in [-0.15, -0.1) is 0 Å². The van der Waals surface area contributed by atoms with Gasteiger partial charge in [0.05, 0.1) is 0 Å². The number of nitrogens with one attached hydrogen (secondary N) is 1. The van der Waals surface area contributed by atoms with Gasteiger partial charge < -0.3 is 19.6 Å². The molecule has 1 atom stereocenters. The highest BCUT2D eigenvalue weighted by atomic mass is 19.1. The molecule has 0 radical (unpaired) electrons. The number of benzene rings is 3. The molecule has 7 heteroatoms. The zero-order valence-electron chi connectivity index (χ0n) is 17.0. The van der Waals surface area contributed by atoms with E-state index in [2.05, 4.69) is 5.32 Å². The number of hydrogen-bond acceptors (Lipinski definition) is 4. The van der Waals surface area contributed by atoms with Crippen LogP contribution in [-0.4, -0.2) is 23.2 Å². The molecule has 0 unspecified atom stereocenters. The van der Waals surface area contributed by atoms with Gasteiger partial charge in [-0.2, -0.15) is 0 Å². The predicted octanol–water partition coefficient (Wildman–Crippen LogP) is 5.16. The first-order valence-electron chi connectivity index (χ1n) is 9.97. The van der Waals surface area contributed by atoms with Crippen molar-refractivity contribution >= 4 is 23.0 Å². The number of alkyl carbamates (subject to hydrolysis) is 1. The molecule has 6 nitrogen and oxygen atoms in total. The van der Waals surface area contributed by atoms with Gasteiger partial charge in [-0.25, -0.2) is 14.0 Å². The van der Waals surface area contributed by atoms with Gasteiger partial charge in [0, 0.05) is 17.4 Å². The highest BCUT2D eigenvalue weighted by Gasteiger charge is 2.21. The second kappa shape index (κ2) is 9.34. The normalized spacial score (nSPS) is 11.8. The highest BCUT2D eigenvalue weighted by Crippen LogP contribution is 2.28. The molecular formula is C25H20FNO5. The van der Waals surface area contributed by atoms with Gasteiger partial charge in [0.1, 0.15) is 23.2 Å². The molecule has 0 bridgehead atoms. The fourth-order valence-corrected chi connectivity index (χ4v) is 3.40. The number of carboxylic acids is 1. The van der Waals surface area contributed by atoms with Crippen LogP contribution in [0.5, 0.6) is 0 Å². The fourth-order valence-electron chi connectivity index (χ4n) is 3.40. The van der Waals surface area contributed by atoms with Crippen molar-refractivity contribution in [3.05, 3.63) is 96.0 Å². The van der Waals surface area contributed by atoms with E-state index in [-0.39, 0.29) is 18.8 Å². The molecule has 0 aliphatic heterocycles. The lowest BCUT2D eigenvalue weighted by Gasteiger charge is -2.14. The van der Waals surface area contributed by atoms with Gasteiger partial charge in [0.2, 0.25) is 0 Å². The molecule has 0 spiro atoms. The molecular weight excluding hydrogens is 413 g/mol. The number of furan rings is 1. The number of rotatable bonds is 7. The topological polar surface area (TPSA) is 88.8 Å². The maximum absolute atomic E-state index is 14.1. The van der Waals surface area contributed by atoms with E-state index >= 15 is 0 Å². The van der Waals surface area contributed by atoms with Gasteiger partial charge in [-0.05, 0) is 35.4 Å². The van der Waals surface area contributed by atoms with Crippen molar-refractivity contribution in [2.45, 2.75) is 19.1 Å². The number of aliphatic carboxylic acids is 1. The van der Waals surface area contributed by atoms with E-state index in [4.69, 9.17) is 9.15 Å². The van der Waals surface area contributed by atoms with E-state index in [0.29, 0.717) is 22.5 Å². The third-order valence-corrected chi connectivity index (χ3v) is 4.97. The number of carbonyl (C=O) groups excluding carboxylic acids is 1. The second-order valence-corrected chi connectivity index (χ2v) is 7.25. The van der Waals surface area contributed by atoms with Crippen LogP contribution in [0.2, 0.25) is 0 Å². The van der Waals surface area contributed by atoms with Crippen LogP contribution in [0.4, 0.5) is 9.18 Å². The minimum atomic E-state index is -1.16. The first kappa shape index (κ1) is 21.1. The summed E-state index contributed by atoms with van der Waals surface area (Å²) in [5.41, 5.74) is 2.53. The molecule has 0 saturated heterocycles. The number of halogens is 1. The molecule has 32 heavy (non-hydrogen) atoms. The Balaban J connectivity index is 1.40. The third-order valence-electron chi connectivity index (χ3n) is 4.97. The molecule has 0 aliphatic rings. The van der Waals surface area contributed by atoms with Crippen molar-refractivity contribution in [2.24, 2.45) is 0 Å². The summed E-state index contributed by atoms with van der Waals surface area (Å²) in [6.07, 6.45) is -0.727. The minimum Gasteiger partial charge on any atom is -0.480 e. The lowest BCUT2D eigenvalue weighted by atomic mass is 10.0. The van der Waals surface area contributed by atoms with E-state index in [0.717, 1.165) is 10.9 Å². The highest BCUT2D eigenvalue weighted by molar-refractivity contribution is 5.84. The lowest BCUT2D eigenvalue weighted by molar-refractivity contribution is -0.139. The van der Waals surface area contributed by atoms with E-state index in [1.54, 1.807) is 66.7 Å². The second-order valence-electron chi connectivity index (χ2n) is 7.25. The summed E-state index contributed by atoms with van der Waals surface area (Å²) in [5, 5.41) is 12.5. The molecule has 1 heterocycles. The van der Waals surface area contributed by atoms with Crippen molar-refractivity contribution in [1.82, 2.24) is 5.32 Å². The summed E-state index contributed by atoms with van der Waals surface area (Å²) < 4.78 is 24.9. The van der Waals surface area contributed by atoms with Gasteiger partial charge in [0.25, 0.3) is 0 Å². The average molecular weight is 433 g/mol. The van der Waals surface area contributed by atoms with Crippen LogP contribution in [0.15, 0.2) is 83.3 Å². The molecule has 1 amide bonds. The van der Waals surface area contributed by atoms with Crippen LogP contribution >= 0.6 is 0 Å². The Hall–Kier alpha value is -4.13. The van der Waals surface area contributed by atoms with E-state index in [9.17, 15) is 19.1 Å². The molecule has 0 fully saturated rings. The van der Waals surface area contributed by atoms with Gasteiger partial charge in [0.15, 0.2) is 6.61 Å². The Kier molecular flexibility index (Phi) is 6.17. The predicted molar refractivity (Wildman–Crippen MR) is 116 cm³/mol. The van der Waals surface area contributed by atoms with Crippen LogP contribution in [0.1, 0.15) is 11.3 Å². The van der Waals surface area contributed by atoms with Crippen LogP contribution in [-0.2, 0) is 22.6 Å². The summed E-state index contributed by atoms with van der Waals surface area (Å²) in [6, 6.07) is 21.3. The largest absolute Gasteiger partial charge is 0.480 e. The molecule has 3 aromatic carbocycles. The fraction of sp³-hybridized carbons (Fsp3) is 0.120. The number of carbonyl (C=O) groups is 2. The van der Waals surface area contributed by atoms with Crippen LogP contribution in [0.3, 0.4) is 0 Å². The maximum Gasteiger partial charge on any atom is 0.408 e. The van der Waals surface area contributed by atoms with Crippen LogP contribution in [0.25, 0.3) is 22.1 Å². The quantitative estimate of drug-likeness (QED) is 0.420. The van der Waals surface area contributed by atoms with Gasteiger partial charge in [-0.3, -0.25) is 0 Å². The van der Waals surface area contributed by atoms with Crippen molar-refractivity contribution in [1.29, 1.82) is 0 Å². The smallest absolute Gasteiger partial charge is 0.408 e. The Morgan fingerprint density at radius 2 is 1.75 bits per heavy atom. The summed E-state index contributed by atoms with van der Waals surface area (Å²) in [7, 11) is 0. The number of carboxylic acid groups (broad SMARTS) is 1. The molecule has 0 aliphatic carbocycles. The molecule has 1 aromatic heterocycles. The Bertz CT molecular complexity index is 1250. The zero-order valence-corrected chi connectivity index (χ0v) is 17.0. The van der Waals surface area contributed by atoms with Crippen molar-refractivity contribution in [2.75, 3.05) is 0 Å². The first-order valence-corrected chi connectivity index (χ1v) is 9.97.